The fraction of sp³-hybridized carbons (Fsp3) is 0.818. The SMILES string of the molecule is CCn1ncnc1CNCCC1CCOC1. The van der Waals surface area contributed by atoms with Gasteiger partial charge in [0.15, 0.2) is 0 Å². The van der Waals surface area contributed by atoms with Crippen LogP contribution in [0.5, 0.6) is 0 Å². The van der Waals surface area contributed by atoms with Gasteiger partial charge in [0.1, 0.15) is 12.2 Å². The zero-order chi connectivity index (χ0) is 11.2. The Morgan fingerprint density at radius 2 is 2.56 bits per heavy atom. The van der Waals surface area contributed by atoms with Gasteiger partial charge in [0, 0.05) is 19.8 Å². The Morgan fingerprint density at radius 1 is 1.62 bits per heavy atom. The zero-order valence-corrected chi connectivity index (χ0v) is 9.85. The third kappa shape index (κ3) is 3.02. The lowest BCUT2D eigenvalue weighted by atomic mass is 10.1. The predicted molar refractivity (Wildman–Crippen MR) is 60.9 cm³/mol. The van der Waals surface area contributed by atoms with E-state index >= 15 is 0 Å². The van der Waals surface area contributed by atoms with Crippen molar-refractivity contribution in [3.05, 3.63) is 12.2 Å². The van der Waals surface area contributed by atoms with Gasteiger partial charge in [-0.05, 0) is 32.2 Å². The van der Waals surface area contributed by atoms with Gasteiger partial charge in [-0.1, -0.05) is 0 Å². The summed E-state index contributed by atoms with van der Waals surface area (Å²) in [6.07, 6.45) is 4.03. The topological polar surface area (TPSA) is 52.0 Å². The Hall–Kier alpha value is -0.940. The van der Waals surface area contributed by atoms with Gasteiger partial charge < -0.3 is 10.1 Å². The summed E-state index contributed by atoms with van der Waals surface area (Å²) < 4.78 is 7.26. The molecule has 0 radical (unpaired) electrons. The van der Waals surface area contributed by atoms with Gasteiger partial charge in [-0.15, -0.1) is 0 Å². The van der Waals surface area contributed by atoms with Crippen LogP contribution >= 0.6 is 0 Å². The van der Waals surface area contributed by atoms with Gasteiger partial charge in [0.25, 0.3) is 0 Å². The van der Waals surface area contributed by atoms with Crippen LogP contribution in [0.25, 0.3) is 0 Å². The molecule has 2 heterocycles. The monoisotopic (exact) mass is 224 g/mol. The first kappa shape index (κ1) is 11.5. The van der Waals surface area contributed by atoms with Gasteiger partial charge in [-0.25, -0.2) is 9.67 Å². The van der Waals surface area contributed by atoms with Gasteiger partial charge in [-0.2, -0.15) is 5.10 Å². The summed E-state index contributed by atoms with van der Waals surface area (Å²) in [6, 6.07) is 0. The second-order valence-electron chi connectivity index (χ2n) is 4.19. The van der Waals surface area contributed by atoms with Crippen LogP contribution in [-0.4, -0.2) is 34.5 Å². The van der Waals surface area contributed by atoms with E-state index < -0.39 is 0 Å². The Labute approximate surface area is 96.2 Å². The first-order valence-electron chi connectivity index (χ1n) is 6.05. The van der Waals surface area contributed by atoms with E-state index in [0.29, 0.717) is 0 Å². The molecule has 1 aromatic rings. The van der Waals surface area contributed by atoms with Crippen molar-refractivity contribution in [2.24, 2.45) is 5.92 Å². The normalized spacial score (nSPS) is 20.4. The molecule has 5 heteroatoms. The van der Waals surface area contributed by atoms with Gasteiger partial charge in [-0.3, -0.25) is 0 Å². The molecule has 16 heavy (non-hydrogen) atoms. The van der Waals surface area contributed by atoms with Crippen LogP contribution in [0.3, 0.4) is 0 Å². The summed E-state index contributed by atoms with van der Waals surface area (Å²) in [7, 11) is 0. The molecule has 0 spiro atoms. The van der Waals surface area contributed by atoms with E-state index in [9.17, 15) is 0 Å². The highest BCUT2D eigenvalue weighted by molar-refractivity contribution is 4.83. The van der Waals surface area contributed by atoms with Crippen molar-refractivity contribution in [1.82, 2.24) is 20.1 Å². The third-order valence-electron chi connectivity index (χ3n) is 3.03. The summed E-state index contributed by atoms with van der Waals surface area (Å²) in [4.78, 5) is 4.22. The lowest BCUT2D eigenvalue weighted by Crippen LogP contribution is -2.20. The van der Waals surface area contributed by atoms with E-state index in [1.165, 1.54) is 12.8 Å². The largest absolute Gasteiger partial charge is 0.381 e. The van der Waals surface area contributed by atoms with Gasteiger partial charge in [0.2, 0.25) is 0 Å². The van der Waals surface area contributed by atoms with Crippen molar-refractivity contribution < 1.29 is 4.74 Å². The molecule has 1 aliphatic heterocycles. The van der Waals surface area contributed by atoms with E-state index in [4.69, 9.17) is 4.74 Å². The maximum absolute atomic E-state index is 5.34. The molecule has 1 N–H and O–H groups in total. The van der Waals surface area contributed by atoms with Crippen LogP contribution in [0.2, 0.25) is 0 Å². The number of hydrogen-bond acceptors (Lipinski definition) is 4. The average molecular weight is 224 g/mol. The molecular weight excluding hydrogens is 204 g/mol. The van der Waals surface area contributed by atoms with Crippen LogP contribution in [0.15, 0.2) is 6.33 Å². The van der Waals surface area contributed by atoms with Crippen molar-refractivity contribution in [3.8, 4) is 0 Å². The number of ether oxygens (including phenoxy) is 1. The maximum Gasteiger partial charge on any atom is 0.140 e. The lowest BCUT2D eigenvalue weighted by molar-refractivity contribution is 0.184. The van der Waals surface area contributed by atoms with Gasteiger partial charge in [0.05, 0.1) is 6.54 Å². The first-order chi connectivity index (χ1) is 7.90. The minimum atomic E-state index is 0.747. The summed E-state index contributed by atoms with van der Waals surface area (Å²) in [5.41, 5.74) is 0. The number of hydrogen-bond donors (Lipinski definition) is 1. The van der Waals surface area contributed by atoms with E-state index in [0.717, 1.165) is 44.6 Å². The fourth-order valence-electron chi connectivity index (χ4n) is 2.01. The predicted octanol–water partition coefficient (Wildman–Crippen LogP) is 0.814. The number of nitrogens with zero attached hydrogens (tertiary/aromatic N) is 3. The zero-order valence-electron chi connectivity index (χ0n) is 9.85. The second-order valence-corrected chi connectivity index (χ2v) is 4.19. The van der Waals surface area contributed by atoms with E-state index in [2.05, 4.69) is 22.3 Å². The molecule has 0 aliphatic carbocycles. The Kier molecular flexibility index (Phi) is 4.30. The van der Waals surface area contributed by atoms with Crippen molar-refractivity contribution in [1.29, 1.82) is 0 Å². The third-order valence-corrected chi connectivity index (χ3v) is 3.03. The summed E-state index contributed by atoms with van der Waals surface area (Å²) >= 11 is 0. The number of aryl methyl sites for hydroxylation is 1. The Morgan fingerprint density at radius 3 is 3.31 bits per heavy atom. The Bertz CT molecular complexity index is 307. The van der Waals surface area contributed by atoms with Crippen LogP contribution in [-0.2, 0) is 17.8 Å². The van der Waals surface area contributed by atoms with E-state index in [-0.39, 0.29) is 0 Å². The number of aromatic nitrogens is 3. The first-order valence-corrected chi connectivity index (χ1v) is 6.05. The highest BCUT2D eigenvalue weighted by Crippen LogP contribution is 2.15. The molecule has 1 fully saturated rings. The fourth-order valence-corrected chi connectivity index (χ4v) is 2.01. The smallest absolute Gasteiger partial charge is 0.140 e. The van der Waals surface area contributed by atoms with Crippen LogP contribution in [0.4, 0.5) is 0 Å². The molecule has 1 unspecified atom stereocenters. The standard InChI is InChI=1S/C11H20N4O/c1-2-15-11(13-9-14-15)7-12-5-3-10-4-6-16-8-10/h9-10,12H,2-8H2,1H3. The highest BCUT2D eigenvalue weighted by Gasteiger charge is 2.14. The van der Waals surface area contributed by atoms with Crippen molar-refractivity contribution >= 4 is 0 Å². The molecule has 0 saturated carbocycles. The summed E-state index contributed by atoms with van der Waals surface area (Å²) in [5.74, 6) is 1.77. The molecule has 1 atom stereocenters. The van der Waals surface area contributed by atoms with E-state index in [1.54, 1.807) is 6.33 Å². The number of nitrogens with one attached hydrogen (secondary N) is 1. The molecule has 1 aromatic heterocycles. The quantitative estimate of drug-likeness (QED) is 0.727. The lowest BCUT2D eigenvalue weighted by Gasteiger charge is -2.08. The molecule has 90 valence electrons. The van der Waals surface area contributed by atoms with Crippen LogP contribution < -0.4 is 5.32 Å². The second kappa shape index (κ2) is 5.96. The molecule has 0 bridgehead atoms. The van der Waals surface area contributed by atoms with Crippen LogP contribution in [0.1, 0.15) is 25.6 Å². The van der Waals surface area contributed by atoms with Crippen LogP contribution in [0, 0.1) is 5.92 Å². The van der Waals surface area contributed by atoms with E-state index in [1.807, 2.05) is 4.68 Å². The van der Waals surface area contributed by atoms with Crippen molar-refractivity contribution in [2.75, 3.05) is 19.8 Å². The Balaban J connectivity index is 1.64. The van der Waals surface area contributed by atoms with Crippen molar-refractivity contribution in [3.63, 3.8) is 0 Å². The van der Waals surface area contributed by atoms with Gasteiger partial charge >= 0.3 is 0 Å². The summed E-state index contributed by atoms with van der Waals surface area (Å²) in [6.45, 7) is 6.68. The molecule has 5 nitrogen and oxygen atoms in total. The summed E-state index contributed by atoms with van der Waals surface area (Å²) in [5, 5.41) is 7.55. The average Bonchev–Trinajstić information content (AvgIpc) is 2.95. The maximum atomic E-state index is 5.34. The molecule has 1 saturated heterocycles. The molecule has 2 rings (SSSR count). The minimum Gasteiger partial charge on any atom is -0.381 e. The highest BCUT2D eigenvalue weighted by atomic mass is 16.5. The molecule has 0 aromatic carbocycles. The molecule has 0 amide bonds. The minimum absolute atomic E-state index is 0.747. The molecular formula is C11H20N4O. The number of rotatable bonds is 6. The molecule has 1 aliphatic rings. The van der Waals surface area contributed by atoms with Crippen molar-refractivity contribution in [2.45, 2.75) is 32.9 Å².